The first kappa shape index (κ1) is 32.0. The van der Waals surface area contributed by atoms with E-state index in [2.05, 4.69) is 228 Å². The Bertz CT molecular complexity index is 3130. The van der Waals surface area contributed by atoms with Crippen LogP contribution in [0.4, 0.5) is 0 Å². The molecule has 0 unspecified atom stereocenters. The number of benzene rings is 9. The van der Waals surface area contributed by atoms with E-state index in [0.29, 0.717) is 0 Å². The molecule has 2 nitrogen and oxygen atoms in total. The van der Waals surface area contributed by atoms with Crippen molar-refractivity contribution < 1.29 is 0 Å². The van der Waals surface area contributed by atoms with Crippen molar-refractivity contribution in [2.24, 2.45) is 0 Å². The van der Waals surface area contributed by atoms with Crippen LogP contribution in [0.3, 0.4) is 0 Å². The molecule has 9 aromatic carbocycles. The highest BCUT2D eigenvalue weighted by atomic mass is 15.0. The predicted octanol–water partition coefficient (Wildman–Crippen LogP) is 14.5. The number of hydrogen-bond donors (Lipinski definition) is 0. The second-order valence-electron chi connectivity index (χ2n) is 14.6. The minimum absolute atomic E-state index is 1.14. The lowest BCUT2D eigenvalue weighted by Gasteiger charge is -2.13. The number of nitrogens with zero attached hydrogens (tertiary/aromatic N) is 2. The number of hydrogen-bond acceptors (Lipinski definition) is 0. The maximum Gasteiger partial charge on any atom is 0.0641 e. The van der Waals surface area contributed by atoms with Crippen LogP contribution in [0.25, 0.3) is 99.5 Å². The fourth-order valence-corrected chi connectivity index (χ4v) is 8.68. The molecule has 0 saturated heterocycles. The molecule has 11 aromatic rings. The van der Waals surface area contributed by atoms with E-state index in [1.165, 1.54) is 88.1 Å². The van der Waals surface area contributed by atoms with Crippen molar-refractivity contribution in [2.75, 3.05) is 0 Å². The van der Waals surface area contributed by atoms with Gasteiger partial charge in [0.05, 0.1) is 22.1 Å². The lowest BCUT2D eigenvalue weighted by Crippen LogP contribution is -1.95. The highest BCUT2D eigenvalue weighted by Gasteiger charge is 2.21. The van der Waals surface area contributed by atoms with Gasteiger partial charge in [0.2, 0.25) is 0 Å². The Hall–Kier alpha value is -7.42. The molecule has 0 fully saturated rings. The van der Waals surface area contributed by atoms with Gasteiger partial charge in [-0.1, -0.05) is 158 Å². The smallest absolute Gasteiger partial charge is 0.0641 e. The topological polar surface area (TPSA) is 9.86 Å². The van der Waals surface area contributed by atoms with Crippen molar-refractivity contribution in [3.63, 3.8) is 0 Å². The van der Waals surface area contributed by atoms with Crippen LogP contribution < -0.4 is 0 Å². The van der Waals surface area contributed by atoms with Crippen LogP contribution in [0.15, 0.2) is 218 Å². The molecule has 11 rings (SSSR count). The molecule has 0 aliphatic rings. The van der Waals surface area contributed by atoms with Crippen molar-refractivity contribution in [1.82, 2.24) is 9.13 Å². The van der Waals surface area contributed by atoms with Gasteiger partial charge in [0, 0.05) is 32.9 Å². The Labute approximate surface area is 325 Å². The zero-order valence-corrected chi connectivity index (χ0v) is 30.7. The van der Waals surface area contributed by atoms with Gasteiger partial charge in [-0.3, -0.25) is 0 Å². The second kappa shape index (κ2) is 13.2. The van der Waals surface area contributed by atoms with Crippen molar-refractivity contribution in [3.05, 3.63) is 218 Å². The molecule has 56 heavy (non-hydrogen) atoms. The monoisotopic (exact) mass is 712 g/mol. The summed E-state index contributed by atoms with van der Waals surface area (Å²) in [6, 6.07) is 79.3. The summed E-state index contributed by atoms with van der Waals surface area (Å²) in [7, 11) is 0. The largest absolute Gasteiger partial charge is 0.309 e. The van der Waals surface area contributed by atoms with E-state index in [0.717, 1.165) is 11.4 Å². The van der Waals surface area contributed by atoms with Crippen LogP contribution in [-0.2, 0) is 0 Å². The van der Waals surface area contributed by atoms with Gasteiger partial charge < -0.3 is 9.13 Å². The summed E-state index contributed by atoms with van der Waals surface area (Å²) >= 11 is 0. The third kappa shape index (κ3) is 5.26. The molecule has 262 valence electrons. The fraction of sp³-hybridized carbons (Fsp3) is 0. The third-order valence-corrected chi connectivity index (χ3v) is 11.3. The number of rotatable bonds is 6. The Morgan fingerprint density at radius 2 is 0.625 bits per heavy atom. The first-order valence-corrected chi connectivity index (χ1v) is 19.3. The van der Waals surface area contributed by atoms with Gasteiger partial charge in [-0.2, -0.15) is 0 Å². The quantitative estimate of drug-likeness (QED) is 0.162. The highest BCUT2D eigenvalue weighted by Crippen LogP contribution is 2.42. The molecule has 2 heteroatoms. The first-order chi connectivity index (χ1) is 27.8. The molecule has 0 amide bonds. The summed E-state index contributed by atoms with van der Waals surface area (Å²) in [5.74, 6) is 0. The minimum atomic E-state index is 1.14. The van der Waals surface area contributed by atoms with Gasteiger partial charge >= 0.3 is 0 Å². The van der Waals surface area contributed by atoms with Crippen LogP contribution in [0.1, 0.15) is 0 Å². The summed E-state index contributed by atoms with van der Waals surface area (Å²) in [6.07, 6.45) is 0. The van der Waals surface area contributed by atoms with Gasteiger partial charge in [-0.15, -0.1) is 0 Å². The van der Waals surface area contributed by atoms with Gasteiger partial charge in [0.1, 0.15) is 0 Å². The lowest BCUT2D eigenvalue weighted by molar-refractivity contribution is 1.17. The second-order valence-corrected chi connectivity index (χ2v) is 14.6. The maximum absolute atomic E-state index is 2.46. The van der Waals surface area contributed by atoms with Crippen LogP contribution >= 0.6 is 0 Å². The zero-order valence-electron chi connectivity index (χ0n) is 30.7. The fourth-order valence-electron chi connectivity index (χ4n) is 8.68. The summed E-state index contributed by atoms with van der Waals surface area (Å²) in [6.45, 7) is 0. The maximum atomic E-state index is 2.46. The molecule has 0 bridgehead atoms. The molecule has 0 atom stereocenters. The molecule has 2 aromatic heterocycles. The molecule has 0 aliphatic heterocycles. The van der Waals surface area contributed by atoms with E-state index >= 15 is 0 Å². The summed E-state index contributed by atoms with van der Waals surface area (Å²) in [5.41, 5.74) is 16.8. The zero-order chi connectivity index (χ0) is 37.0. The van der Waals surface area contributed by atoms with Gasteiger partial charge in [0.15, 0.2) is 0 Å². The van der Waals surface area contributed by atoms with Crippen molar-refractivity contribution in [2.45, 2.75) is 0 Å². The molecular formula is C54H36N2. The molecule has 0 saturated carbocycles. The normalized spacial score (nSPS) is 11.6. The molecular weight excluding hydrogens is 677 g/mol. The molecule has 0 aliphatic carbocycles. The van der Waals surface area contributed by atoms with E-state index in [9.17, 15) is 0 Å². The lowest BCUT2D eigenvalue weighted by atomic mass is 9.93. The predicted molar refractivity (Wildman–Crippen MR) is 237 cm³/mol. The average molecular weight is 713 g/mol. The van der Waals surface area contributed by atoms with Crippen LogP contribution in [0.2, 0.25) is 0 Å². The molecule has 2 heterocycles. The van der Waals surface area contributed by atoms with Crippen LogP contribution in [0.5, 0.6) is 0 Å². The molecule has 0 spiro atoms. The van der Waals surface area contributed by atoms with Crippen LogP contribution in [0, 0.1) is 0 Å². The minimum Gasteiger partial charge on any atom is -0.309 e. The van der Waals surface area contributed by atoms with Crippen molar-refractivity contribution in [1.29, 1.82) is 0 Å². The number of para-hydroxylation sites is 2. The van der Waals surface area contributed by atoms with Gasteiger partial charge in [-0.05, 0) is 105 Å². The standard InChI is InChI=1S/C54H36N2/c1-4-14-37(15-5-1)40-24-30-46(31-25-40)56-50-22-12-10-20-47(50)48-32-33-52-53(54(48)56)49-21-11-13-23-51(49)55(52)45-28-26-41(27-29-45)44-35-42(38-16-6-2-7-17-38)34-43(36-44)39-18-8-3-9-19-39/h1-36H. The summed E-state index contributed by atoms with van der Waals surface area (Å²) in [5, 5.41) is 5.01. The Morgan fingerprint density at radius 3 is 1.16 bits per heavy atom. The Balaban J connectivity index is 1.09. The van der Waals surface area contributed by atoms with E-state index < -0.39 is 0 Å². The van der Waals surface area contributed by atoms with E-state index in [1.807, 2.05) is 0 Å². The highest BCUT2D eigenvalue weighted by molar-refractivity contribution is 6.26. The van der Waals surface area contributed by atoms with Crippen molar-refractivity contribution >= 4 is 43.6 Å². The average Bonchev–Trinajstić information content (AvgIpc) is 3.80. The molecule has 0 N–H and O–H groups in total. The Kier molecular flexibility index (Phi) is 7.53. The number of fused-ring (bicyclic) bond motifs is 7. The van der Waals surface area contributed by atoms with E-state index in [4.69, 9.17) is 0 Å². The Morgan fingerprint density at radius 1 is 0.232 bits per heavy atom. The summed E-state index contributed by atoms with van der Waals surface area (Å²) < 4.78 is 4.90. The van der Waals surface area contributed by atoms with E-state index in [1.54, 1.807) is 0 Å². The SMILES string of the molecule is c1ccc(-c2ccc(-n3c4ccccc4c4ccc5c(c6ccccc6n5-c5ccc(-c6cc(-c7ccccc7)cc(-c7ccccc7)c6)cc5)c43)cc2)cc1. The van der Waals surface area contributed by atoms with Gasteiger partial charge in [0.25, 0.3) is 0 Å². The third-order valence-electron chi connectivity index (χ3n) is 11.3. The number of aromatic nitrogens is 2. The van der Waals surface area contributed by atoms with Gasteiger partial charge in [-0.25, -0.2) is 0 Å². The van der Waals surface area contributed by atoms with Crippen molar-refractivity contribution in [3.8, 4) is 55.9 Å². The first-order valence-electron chi connectivity index (χ1n) is 19.3. The summed E-state index contributed by atoms with van der Waals surface area (Å²) in [4.78, 5) is 0. The molecule has 0 radical (unpaired) electrons. The van der Waals surface area contributed by atoms with Crippen LogP contribution in [-0.4, -0.2) is 9.13 Å². The van der Waals surface area contributed by atoms with E-state index in [-0.39, 0.29) is 0 Å².